The molecular weight excluding hydrogens is 346 g/mol. The summed E-state index contributed by atoms with van der Waals surface area (Å²) in [6.07, 6.45) is 1.51. The molecule has 0 atom stereocenters. The maximum Gasteiger partial charge on any atom is 0.339 e. The smallest absolute Gasteiger partial charge is 0.339 e. The summed E-state index contributed by atoms with van der Waals surface area (Å²) < 4.78 is 10.2. The van der Waals surface area contributed by atoms with Crippen molar-refractivity contribution in [3.05, 3.63) is 60.3 Å². The van der Waals surface area contributed by atoms with Gasteiger partial charge in [-0.2, -0.15) is 10.1 Å². The van der Waals surface area contributed by atoms with E-state index in [-0.39, 0.29) is 5.95 Å². The van der Waals surface area contributed by atoms with Crippen LogP contribution in [0.15, 0.2) is 54.7 Å². The number of carbonyl (C=O) groups excluding carboxylic acids is 1. The molecule has 8 nitrogen and oxygen atoms in total. The Balaban J connectivity index is 1.75. The van der Waals surface area contributed by atoms with Gasteiger partial charge in [0.25, 0.3) is 0 Å². The average Bonchev–Trinajstić information content (AvgIpc) is 2.70. The molecule has 0 amide bonds. The number of rotatable bonds is 7. The van der Waals surface area contributed by atoms with Gasteiger partial charge in [0.1, 0.15) is 5.75 Å². The summed E-state index contributed by atoms with van der Waals surface area (Å²) in [5.74, 6) is 1.11. The van der Waals surface area contributed by atoms with Crippen molar-refractivity contribution in [3.63, 3.8) is 0 Å². The lowest BCUT2D eigenvalue weighted by molar-refractivity contribution is 0.0602. The fourth-order valence-corrected chi connectivity index (χ4v) is 2.37. The van der Waals surface area contributed by atoms with Crippen LogP contribution in [0.2, 0.25) is 0 Å². The largest absolute Gasteiger partial charge is 0.494 e. The second-order valence-electron chi connectivity index (χ2n) is 5.41. The molecule has 3 rings (SSSR count). The van der Waals surface area contributed by atoms with Crippen LogP contribution in [0.1, 0.15) is 17.3 Å². The van der Waals surface area contributed by atoms with Crippen LogP contribution in [0.25, 0.3) is 0 Å². The second-order valence-corrected chi connectivity index (χ2v) is 5.41. The molecule has 27 heavy (non-hydrogen) atoms. The number of benzene rings is 2. The van der Waals surface area contributed by atoms with Crippen LogP contribution in [0, 0.1) is 0 Å². The molecule has 0 radical (unpaired) electrons. The molecule has 2 N–H and O–H groups in total. The maximum absolute atomic E-state index is 11.9. The van der Waals surface area contributed by atoms with E-state index in [0.29, 0.717) is 23.7 Å². The third-order valence-corrected chi connectivity index (χ3v) is 3.58. The first-order valence-corrected chi connectivity index (χ1v) is 8.33. The molecule has 138 valence electrons. The van der Waals surface area contributed by atoms with E-state index in [1.165, 1.54) is 13.3 Å². The number of aromatic nitrogens is 3. The molecule has 0 unspecified atom stereocenters. The Labute approximate surface area is 156 Å². The van der Waals surface area contributed by atoms with E-state index in [2.05, 4.69) is 25.8 Å². The van der Waals surface area contributed by atoms with Gasteiger partial charge in [-0.3, -0.25) is 0 Å². The quantitative estimate of drug-likeness (QED) is 0.614. The third kappa shape index (κ3) is 4.69. The Morgan fingerprint density at radius 2 is 1.85 bits per heavy atom. The zero-order valence-corrected chi connectivity index (χ0v) is 15.0. The molecule has 0 aliphatic rings. The van der Waals surface area contributed by atoms with E-state index in [1.807, 2.05) is 31.2 Å². The third-order valence-electron chi connectivity index (χ3n) is 3.58. The van der Waals surface area contributed by atoms with Gasteiger partial charge in [0.05, 0.1) is 31.2 Å². The molecule has 0 aliphatic carbocycles. The molecule has 3 aromatic rings. The van der Waals surface area contributed by atoms with Crippen LogP contribution in [0.5, 0.6) is 5.75 Å². The Bertz CT molecular complexity index is 915. The van der Waals surface area contributed by atoms with Crippen molar-refractivity contribution in [1.29, 1.82) is 0 Å². The minimum atomic E-state index is -0.449. The number of nitrogens with zero attached hydrogens (tertiary/aromatic N) is 3. The highest BCUT2D eigenvalue weighted by atomic mass is 16.5. The summed E-state index contributed by atoms with van der Waals surface area (Å²) in [5.41, 5.74) is 1.75. The number of hydrogen-bond donors (Lipinski definition) is 2. The maximum atomic E-state index is 11.9. The van der Waals surface area contributed by atoms with Crippen molar-refractivity contribution in [2.45, 2.75) is 6.92 Å². The number of hydrogen-bond acceptors (Lipinski definition) is 8. The number of nitrogens with one attached hydrogen (secondary N) is 2. The van der Waals surface area contributed by atoms with Crippen LogP contribution in [0.4, 0.5) is 23.1 Å². The molecule has 0 fully saturated rings. The number of ether oxygens (including phenoxy) is 2. The molecule has 2 aromatic carbocycles. The normalized spacial score (nSPS) is 10.1. The van der Waals surface area contributed by atoms with Crippen LogP contribution < -0.4 is 15.4 Å². The number of methoxy groups -OCH3 is 1. The first kappa shape index (κ1) is 18.1. The van der Waals surface area contributed by atoms with Crippen LogP contribution in [-0.4, -0.2) is 34.9 Å². The SMILES string of the molecule is CCOc1ccc(Nc2cnnc(Nc3ccccc3C(=O)OC)n2)cc1. The fraction of sp³-hybridized carbons (Fsp3) is 0.158. The van der Waals surface area contributed by atoms with Crippen molar-refractivity contribution >= 4 is 29.1 Å². The van der Waals surface area contributed by atoms with Crippen molar-refractivity contribution in [2.75, 3.05) is 24.4 Å². The first-order chi connectivity index (χ1) is 13.2. The molecule has 0 bridgehead atoms. The molecular formula is C19H19N5O3. The fourth-order valence-electron chi connectivity index (χ4n) is 2.37. The number of esters is 1. The van der Waals surface area contributed by atoms with Gasteiger partial charge < -0.3 is 20.1 Å². The lowest BCUT2D eigenvalue weighted by Crippen LogP contribution is -2.08. The zero-order chi connectivity index (χ0) is 19.1. The molecule has 0 spiro atoms. The number of anilines is 4. The minimum Gasteiger partial charge on any atom is -0.494 e. The Hall–Kier alpha value is -3.68. The van der Waals surface area contributed by atoms with E-state index in [4.69, 9.17) is 9.47 Å². The van der Waals surface area contributed by atoms with Crippen LogP contribution >= 0.6 is 0 Å². The lowest BCUT2D eigenvalue weighted by atomic mass is 10.2. The predicted octanol–water partition coefficient (Wildman–Crippen LogP) is 3.54. The van der Waals surface area contributed by atoms with Gasteiger partial charge in [0, 0.05) is 5.69 Å². The van der Waals surface area contributed by atoms with E-state index >= 15 is 0 Å². The summed E-state index contributed by atoms with van der Waals surface area (Å²) >= 11 is 0. The Morgan fingerprint density at radius 3 is 2.59 bits per heavy atom. The van der Waals surface area contributed by atoms with Crippen molar-refractivity contribution < 1.29 is 14.3 Å². The molecule has 1 aromatic heterocycles. The van der Waals surface area contributed by atoms with Crippen LogP contribution in [-0.2, 0) is 4.74 Å². The van der Waals surface area contributed by atoms with Crippen molar-refractivity contribution in [1.82, 2.24) is 15.2 Å². The van der Waals surface area contributed by atoms with Crippen molar-refractivity contribution in [2.24, 2.45) is 0 Å². The van der Waals surface area contributed by atoms with Gasteiger partial charge in [-0.25, -0.2) is 4.79 Å². The van der Waals surface area contributed by atoms with E-state index in [9.17, 15) is 4.79 Å². The second kappa shape index (κ2) is 8.61. The summed E-state index contributed by atoms with van der Waals surface area (Å²) in [4.78, 5) is 16.2. The topological polar surface area (TPSA) is 98.3 Å². The standard InChI is InChI=1S/C19H19N5O3/c1-3-27-14-10-8-13(9-11-14)21-17-12-20-24-19(23-17)22-16-7-5-4-6-15(16)18(25)26-2/h4-12H,3H2,1-2H3,(H2,21,22,23,24). The number of para-hydroxylation sites is 1. The summed E-state index contributed by atoms with van der Waals surface area (Å²) in [5, 5.41) is 14.0. The number of carbonyl (C=O) groups is 1. The van der Waals surface area contributed by atoms with Gasteiger partial charge >= 0.3 is 5.97 Å². The van der Waals surface area contributed by atoms with E-state index < -0.39 is 5.97 Å². The Kier molecular flexibility index (Phi) is 5.78. The van der Waals surface area contributed by atoms with Gasteiger partial charge in [-0.15, -0.1) is 5.10 Å². The minimum absolute atomic E-state index is 0.252. The van der Waals surface area contributed by atoms with Crippen molar-refractivity contribution in [3.8, 4) is 5.75 Å². The van der Waals surface area contributed by atoms with Gasteiger partial charge in [0.15, 0.2) is 5.82 Å². The molecule has 1 heterocycles. The van der Waals surface area contributed by atoms with Crippen LogP contribution in [0.3, 0.4) is 0 Å². The molecule has 8 heteroatoms. The van der Waals surface area contributed by atoms with Gasteiger partial charge in [0.2, 0.25) is 5.95 Å². The predicted molar refractivity (Wildman–Crippen MR) is 102 cm³/mol. The summed E-state index contributed by atoms with van der Waals surface area (Å²) in [7, 11) is 1.33. The average molecular weight is 365 g/mol. The Morgan fingerprint density at radius 1 is 1.07 bits per heavy atom. The first-order valence-electron chi connectivity index (χ1n) is 8.33. The summed E-state index contributed by atoms with van der Waals surface area (Å²) in [6, 6.07) is 14.4. The highest BCUT2D eigenvalue weighted by Gasteiger charge is 2.12. The van der Waals surface area contributed by atoms with Gasteiger partial charge in [-0.05, 0) is 43.3 Å². The molecule has 0 saturated carbocycles. The molecule has 0 saturated heterocycles. The lowest BCUT2D eigenvalue weighted by Gasteiger charge is -2.10. The van der Waals surface area contributed by atoms with Gasteiger partial charge in [-0.1, -0.05) is 12.1 Å². The highest BCUT2D eigenvalue weighted by Crippen LogP contribution is 2.21. The zero-order valence-electron chi connectivity index (χ0n) is 15.0. The van der Waals surface area contributed by atoms with E-state index in [0.717, 1.165) is 11.4 Å². The summed E-state index contributed by atoms with van der Waals surface area (Å²) in [6.45, 7) is 2.55. The highest BCUT2D eigenvalue weighted by molar-refractivity contribution is 5.96. The molecule has 0 aliphatic heterocycles. The monoisotopic (exact) mass is 365 g/mol. The van der Waals surface area contributed by atoms with E-state index in [1.54, 1.807) is 24.3 Å².